The lowest BCUT2D eigenvalue weighted by molar-refractivity contribution is 0.174. The summed E-state index contributed by atoms with van der Waals surface area (Å²) in [6.45, 7) is 4.38. The van der Waals surface area contributed by atoms with Gasteiger partial charge in [-0.1, -0.05) is 23.8 Å². The third kappa shape index (κ3) is 3.50. The third-order valence-electron chi connectivity index (χ3n) is 4.27. The van der Waals surface area contributed by atoms with Crippen molar-refractivity contribution >= 4 is 22.6 Å². The summed E-state index contributed by atoms with van der Waals surface area (Å²) in [4.78, 5) is 4.66. The first-order chi connectivity index (χ1) is 13.1. The minimum atomic E-state index is 0.235. The summed E-state index contributed by atoms with van der Waals surface area (Å²) in [6, 6.07) is 14.1. The first kappa shape index (κ1) is 17.1. The summed E-state index contributed by atoms with van der Waals surface area (Å²) in [5.41, 5.74) is 5.66. The quantitative estimate of drug-likeness (QED) is 0.640. The van der Waals surface area contributed by atoms with Crippen LogP contribution in [-0.4, -0.2) is 11.8 Å². The van der Waals surface area contributed by atoms with Crippen molar-refractivity contribution in [1.29, 1.82) is 5.26 Å². The van der Waals surface area contributed by atoms with Gasteiger partial charge in [0.05, 0.1) is 5.69 Å². The lowest BCUT2D eigenvalue weighted by Gasteiger charge is -2.04. The van der Waals surface area contributed by atoms with Gasteiger partial charge in [0.1, 0.15) is 16.6 Å². The number of nitrogens with zero attached hydrogens (tertiary/aromatic N) is 2. The Morgan fingerprint density at radius 1 is 1.19 bits per heavy atom. The molecule has 0 aliphatic carbocycles. The standard InChI is InChI=1S/C21H17N3O2S/c1-13-3-5-17(14(2)7-13)18-11-27-21(24-18)15(9-22)10-23-16-4-6-19-20(8-16)26-12-25-19/h3-8,10-11,23H,12H2,1-2H3. The van der Waals surface area contributed by atoms with E-state index in [0.717, 1.165) is 22.7 Å². The smallest absolute Gasteiger partial charge is 0.231 e. The van der Waals surface area contributed by atoms with Crippen LogP contribution in [0.4, 0.5) is 5.69 Å². The largest absolute Gasteiger partial charge is 0.454 e. The first-order valence-electron chi connectivity index (χ1n) is 8.44. The van der Waals surface area contributed by atoms with Crippen LogP contribution in [0.2, 0.25) is 0 Å². The van der Waals surface area contributed by atoms with Crippen LogP contribution < -0.4 is 14.8 Å². The monoisotopic (exact) mass is 375 g/mol. The number of hydrogen-bond donors (Lipinski definition) is 1. The molecule has 0 saturated heterocycles. The van der Waals surface area contributed by atoms with Crippen LogP contribution in [0.3, 0.4) is 0 Å². The average Bonchev–Trinajstić information content (AvgIpc) is 3.31. The number of aromatic nitrogens is 1. The molecule has 3 aromatic rings. The molecule has 134 valence electrons. The van der Waals surface area contributed by atoms with Crippen molar-refractivity contribution < 1.29 is 9.47 Å². The Hall–Kier alpha value is -3.30. The fourth-order valence-corrected chi connectivity index (χ4v) is 3.69. The Labute approximate surface area is 161 Å². The van der Waals surface area contributed by atoms with Gasteiger partial charge in [-0.05, 0) is 31.5 Å². The van der Waals surface area contributed by atoms with E-state index in [9.17, 15) is 5.26 Å². The number of ether oxygens (including phenoxy) is 2. The molecule has 6 heteroatoms. The van der Waals surface area contributed by atoms with Crippen molar-refractivity contribution in [3.63, 3.8) is 0 Å². The fraction of sp³-hybridized carbons (Fsp3) is 0.143. The van der Waals surface area contributed by atoms with Gasteiger partial charge < -0.3 is 14.8 Å². The number of rotatable bonds is 4. The Balaban J connectivity index is 1.57. The lowest BCUT2D eigenvalue weighted by Crippen LogP contribution is -1.93. The number of nitrogens with one attached hydrogen (secondary N) is 1. The molecular weight excluding hydrogens is 358 g/mol. The molecule has 0 unspecified atom stereocenters. The highest BCUT2D eigenvalue weighted by Crippen LogP contribution is 2.34. The van der Waals surface area contributed by atoms with Crippen molar-refractivity contribution in [1.82, 2.24) is 4.98 Å². The molecule has 4 rings (SSSR count). The predicted molar refractivity (Wildman–Crippen MR) is 107 cm³/mol. The van der Waals surface area contributed by atoms with E-state index >= 15 is 0 Å². The van der Waals surface area contributed by atoms with E-state index in [1.807, 2.05) is 23.6 Å². The summed E-state index contributed by atoms with van der Waals surface area (Å²) in [7, 11) is 0. The van der Waals surface area contributed by atoms with Crippen LogP contribution in [0.5, 0.6) is 11.5 Å². The topological polar surface area (TPSA) is 67.2 Å². The number of benzene rings is 2. The van der Waals surface area contributed by atoms with E-state index in [1.54, 1.807) is 6.20 Å². The summed E-state index contributed by atoms with van der Waals surface area (Å²) < 4.78 is 10.7. The van der Waals surface area contributed by atoms with Gasteiger partial charge in [-0.2, -0.15) is 5.26 Å². The molecule has 1 aliphatic rings. The molecule has 5 nitrogen and oxygen atoms in total. The van der Waals surface area contributed by atoms with Crippen molar-refractivity contribution in [2.45, 2.75) is 13.8 Å². The predicted octanol–water partition coefficient (Wildman–Crippen LogP) is 5.13. The molecule has 0 amide bonds. The molecule has 0 radical (unpaired) electrons. The van der Waals surface area contributed by atoms with Gasteiger partial charge in [0.25, 0.3) is 0 Å². The van der Waals surface area contributed by atoms with Gasteiger partial charge in [0, 0.05) is 28.9 Å². The van der Waals surface area contributed by atoms with Crippen LogP contribution in [-0.2, 0) is 0 Å². The zero-order chi connectivity index (χ0) is 18.8. The average molecular weight is 375 g/mol. The summed E-state index contributed by atoms with van der Waals surface area (Å²) in [6.07, 6.45) is 1.67. The van der Waals surface area contributed by atoms with Gasteiger partial charge >= 0.3 is 0 Å². The Bertz CT molecular complexity index is 1080. The van der Waals surface area contributed by atoms with E-state index < -0.39 is 0 Å². The van der Waals surface area contributed by atoms with Crippen LogP contribution in [0.15, 0.2) is 48.0 Å². The van der Waals surface area contributed by atoms with Crippen molar-refractivity contribution in [2.24, 2.45) is 0 Å². The Kier molecular flexibility index (Phi) is 4.53. The van der Waals surface area contributed by atoms with Crippen molar-refractivity contribution in [3.8, 4) is 28.8 Å². The summed E-state index contributed by atoms with van der Waals surface area (Å²) in [5.74, 6) is 1.42. The maximum absolute atomic E-state index is 9.55. The van der Waals surface area contributed by atoms with Gasteiger partial charge in [-0.15, -0.1) is 11.3 Å². The molecule has 1 N–H and O–H groups in total. The minimum absolute atomic E-state index is 0.235. The maximum Gasteiger partial charge on any atom is 0.231 e. The first-order valence-corrected chi connectivity index (χ1v) is 9.32. The van der Waals surface area contributed by atoms with Gasteiger partial charge in [-0.25, -0.2) is 4.98 Å². The molecule has 0 spiro atoms. The number of hydrogen-bond acceptors (Lipinski definition) is 6. The molecule has 0 fully saturated rings. The highest BCUT2D eigenvalue weighted by Gasteiger charge is 2.14. The zero-order valence-corrected chi connectivity index (χ0v) is 15.8. The molecule has 1 aromatic heterocycles. The second-order valence-electron chi connectivity index (χ2n) is 6.24. The van der Waals surface area contributed by atoms with Crippen molar-refractivity contribution in [2.75, 3.05) is 12.1 Å². The molecular formula is C21H17N3O2S. The SMILES string of the molecule is Cc1ccc(-c2csc(C(C#N)=CNc3ccc4c(c3)OCO4)n2)c(C)c1. The van der Waals surface area contributed by atoms with Gasteiger partial charge in [0.15, 0.2) is 11.5 Å². The maximum atomic E-state index is 9.55. The summed E-state index contributed by atoms with van der Waals surface area (Å²) >= 11 is 1.46. The molecule has 27 heavy (non-hydrogen) atoms. The van der Waals surface area contributed by atoms with E-state index in [1.165, 1.54) is 22.5 Å². The Morgan fingerprint density at radius 2 is 2.04 bits per heavy atom. The molecule has 2 heterocycles. The second kappa shape index (κ2) is 7.14. The van der Waals surface area contributed by atoms with Crippen LogP contribution >= 0.6 is 11.3 Å². The van der Waals surface area contributed by atoms with Crippen LogP contribution in [0.1, 0.15) is 16.1 Å². The molecule has 2 aromatic carbocycles. The second-order valence-corrected chi connectivity index (χ2v) is 7.10. The molecule has 0 atom stereocenters. The highest BCUT2D eigenvalue weighted by atomic mass is 32.1. The number of aryl methyl sites for hydroxylation is 2. The van der Waals surface area contributed by atoms with Crippen LogP contribution in [0, 0.1) is 25.2 Å². The number of anilines is 1. The Morgan fingerprint density at radius 3 is 2.85 bits per heavy atom. The molecule has 0 saturated carbocycles. The summed E-state index contributed by atoms with van der Waals surface area (Å²) in [5, 5.41) is 15.4. The van der Waals surface area contributed by atoms with E-state index in [-0.39, 0.29) is 6.79 Å². The lowest BCUT2D eigenvalue weighted by atomic mass is 10.0. The van der Waals surface area contributed by atoms with E-state index in [2.05, 4.69) is 48.4 Å². The number of fused-ring (bicyclic) bond motifs is 1. The van der Waals surface area contributed by atoms with Crippen LogP contribution in [0.25, 0.3) is 16.8 Å². The van der Waals surface area contributed by atoms with E-state index in [4.69, 9.17) is 9.47 Å². The van der Waals surface area contributed by atoms with Gasteiger partial charge in [-0.3, -0.25) is 0 Å². The van der Waals surface area contributed by atoms with Crippen molar-refractivity contribution in [3.05, 3.63) is 64.1 Å². The fourth-order valence-electron chi connectivity index (χ4n) is 2.91. The normalized spacial score (nSPS) is 12.7. The highest BCUT2D eigenvalue weighted by molar-refractivity contribution is 7.11. The molecule has 0 bridgehead atoms. The van der Waals surface area contributed by atoms with E-state index in [0.29, 0.717) is 16.3 Å². The number of allylic oxidation sites excluding steroid dienone is 1. The minimum Gasteiger partial charge on any atom is -0.454 e. The van der Waals surface area contributed by atoms with Gasteiger partial charge in [0.2, 0.25) is 6.79 Å². The third-order valence-corrected chi connectivity index (χ3v) is 5.14. The number of thiazole rings is 1. The zero-order valence-electron chi connectivity index (χ0n) is 14.9. The molecule has 1 aliphatic heterocycles. The number of nitriles is 1.